The van der Waals surface area contributed by atoms with Gasteiger partial charge in [-0.2, -0.15) is 0 Å². The Balaban J connectivity index is 0.000000199. The van der Waals surface area contributed by atoms with Crippen LogP contribution in [0.25, 0.3) is 0 Å². The molecule has 0 N–H and O–H groups in total. The second kappa shape index (κ2) is 6.33. The molecule has 2 fully saturated rings. The lowest BCUT2D eigenvalue weighted by atomic mass is 9.82. The van der Waals surface area contributed by atoms with Gasteiger partial charge in [0.15, 0.2) is 0 Å². The first-order valence-corrected chi connectivity index (χ1v) is 6.99. The minimum Gasteiger partial charge on any atom is -0.379 e. The van der Waals surface area contributed by atoms with Gasteiger partial charge in [0.25, 0.3) is 0 Å². The van der Waals surface area contributed by atoms with Crippen LogP contribution in [-0.4, -0.2) is 54.4 Å². The van der Waals surface area contributed by atoms with Crippen molar-refractivity contribution in [1.29, 1.82) is 0 Å². The van der Waals surface area contributed by atoms with Crippen molar-refractivity contribution >= 4 is 0 Å². The van der Waals surface area contributed by atoms with E-state index in [1.165, 1.54) is 11.5 Å². The summed E-state index contributed by atoms with van der Waals surface area (Å²) in [6, 6.07) is 0. The highest BCUT2D eigenvalue weighted by atomic mass is 16.5. The minimum atomic E-state index is -0.151. The fourth-order valence-electron chi connectivity index (χ4n) is 2.63. The predicted molar refractivity (Wildman–Crippen MR) is 72.9 cm³/mol. The molecule has 2 aliphatic heterocycles. The molecule has 0 amide bonds. The summed E-state index contributed by atoms with van der Waals surface area (Å²) in [5.74, 6) is 0. The number of likely N-dealkylation sites (N-methyl/N-ethyl adjacent to an activating group) is 1. The Morgan fingerprint density at radius 1 is 0.944 bits per heavy atom. The van der Waals surface area contributed by atoms with Crippen LogP contribution in [0, 0.1) is 0 Å². The highest BCUT2D eigenvalue weighted by Gasteiger charge is 2.41. The number of piperidine rings is 1. The number of hydrogen-bond donors (Lipinski definition) is 0. The quantitative estimate of drug-likeness (QED) is 0.668. The van der Waals surface area contributed by atoms with E-state index >= 15 is 0 Å². The molecular formula is C14H29N2O2. The van der Waals surface area contributed by atoms with Crippen molar-refractivity contribution in [2.24, 2.45) is 0 Å². The minimum absolute atomic E-state index is 0.151. The molecule has 18 heavy (non-hydrogen) atoms. The third-order valence-electron chi connectivity index (χ3n) is 3.91. The zero-order chi connectivity index (χ0) is 13.8. The monoisotopic (exact) mass is 257 g/mol. The summed E-state index contributed by atoms with van der Waals surface area (Å²) in [5, 5.41) is 13.0. The zero-order valence-electron chi connectivity index (χ0n) is 12.7. The smallest absolute Gasteiger partial charge is 0.0594 e. The third kappa shape index (κ3) is 4.50. The molecule has 0 aliphatic carbocycles. The van der Waals surface area contributed by atoms with Gasteiger partial charge in [-0.3, -0.25) is 0 Å². The largest absolute Gasteiger partial charge is 0.379 e. The van der Waals surface area contributed by atoms with Crippen LogP contribution in [0.15, 0.2) is 0 Å². The first-order chi connectivity index (χ1) is 8.26. The number of nitrogens with zero attached hydrogens (tertiary/aromatic N) is 2. The number of hydroxylamine groups is 2. The van der Waals surface area contributed by atoms with Crippen molar-refractivity contribution in [2.75, 3.05) is 33.4 Å². The van der Waals surface area contributed by atoms with Gasteiger partial charge in [-0.05, 0) is 54.0 Å². The van der Waals surface area contributed by atoms with E-state index in [1.54, 1.807) is 0 Å². The molecule has 0 spiro atoms. The summed E-state index contributed by atoms with van der Waals surface area (Å²) in [5.41, 5.74) is -0.302. The van der Waals surface area contributed by atoms with Gasteiger partial charge in [-0.15, -0.1) is 10.3 Å². The van der Waals surface area contributed by atoms with Gasteiger partial charge in [0.05, 0.1) is 13.2 Å². The average Bonchev–Trinajstić information content (AvgIpc) is 2.27. The van der Waals surface area contributed by atoms with Crippen molar-refractivity contribution in [1.82, 2.24) is 9.96 Å². The lowest BCUT2D eigenvalue weighted by Gasteiger charge is -2.46. The molecule has 0 unspecified atom stereocenters. The normalized spacial score (nSPS) is 28.3. The molecule has 0 aromatic rings. The van der Waals surface area contributed by atoms with Crippen molar-refractivity contribution in [3.63, 3.8) is 0 Å². The standard InChI is InChI=1S/C9H18NO.C5H11NO/c1-8(2)6-5-7-9(3,4)10(8)11;1-6-2-4-7-5-3-6/h5-7H2,1-4H3;2-5H2,1H3. The van der Waals surface area contributed by atoms with Crippen molar-refractivity contribution in [3.05, 3.63) is 0 Å². The van der Waals surface area contributed by atoms with E-state index in [4.69, 9.17) is 4.74 Å². The Bertz CT molecular complexity index is 232. The summed E-state index contributed by atoms with van der Waals surface area (Å²) in [6.07, 6.45) is 3.23. The maximum atomic E-state index is 11.7. The van der Waals surface area contributed by atoms with Crippen LogP contribution < -0.4 is 0 Å². The predicted octanol–water partition coefficient (Wildman–Crippen LogP) is 2.32. The molecule has 2 heterocycles. The summed E-state index contributed by atoms with van der Waals surface area (Å²) in [6.45, 7) is 12.1. The van der Waals surface area contributed by atoms with Crippen LogP contribution in [0.2, 0.25) is 0 Å². The first kappa shape index (κ1) is 15.9. The topological polar surface area (TPSA) is 35.6 Å². The summed E-state index contributed by atoms with van der Waals surface area (Å²) in [4.78, 5) is 2.27. The van der Waals surface area contributed by atoms with Gasteiger partial charge in [0.2, 0.25) is 0 Å². The fourth-order valence-corrected chi connectivity index (χ4v) is 2.63. The SMILES string of the molecule is CC1(C)CCCC(C)(C)N1[O].CN1CCOCC1. The summed E-state index contributed by atoms with van der Waals surface area (Å²) in [7, 11) is 2.11. The molecule has 0 saturated carbocycles. The van der Waals surface area contributed by atoms with E-state index in [0.29, 0.717) is 0 Å². The highest BCUT2D eigenvalue weighted by molar-refractivity contribution is 4.91. The van der Waals surface area contributed by atoms with E-state index in [1.807, 2.05) is 27.7 Å². The molecular weight excluding hydrogens is 228 g/mol. The first-order valence-electron chi connectivity index (χ1n) is 6.99. The average molecular weight is 257 g/mol. The van der Waals surface area contributed by atoms with E-state index in [2.05, 4.69) is 11.9 Å². The van der Waals surface area contributed by atoms with E-state index in [0.717, 1.165) is 39.1 Å². The van der Waals surface area contributed by atoms with Crippen LogP contribution in [0.5, 0.6) is 0 Å². The second-order valence-electron chi connectivity index (χ2n) is 6.69. The Labute approximate surface area is 112 Å². The van der Waals surface area contributed by atoms with E-state index < -0.39 is 0 Å². The summed E-state index contributed by atoms with van der Waals surface area (Å²) >= 11 is 0. The molecule has 2 aliphatic rings. The number of hydrogen-bond acceptors (Lipinski definition) is 3. The van der Waals surface area contributed by atoms with Gasteiger partial charge in [0.1, 0.15) is 0 Å². The zero-order valence-corrected chi connectivity index (χ0v) is 12.7. The molecule has 4 nitrogen and oxygen atoms in total. The van der Waals surface area contributed by atoms with Crippen molar-refractivity contribution in [3.8, 4) is 0 Å². The molecule has 0 atom stereocenters. The molecule has 107 valence electrons. The number of ether oxygens (including phenoxy) is 1. The Kier molecular flexibility index (Phi) is 5.59. The van der Waals surface area contributed by atoms with Crippen LogP contribution in [-0.2, 0) is 9.94 Å². The van der Waals surface area contributed by atoms with E-state index in [-0.39, 0.29) is 11.1 Å². The molecule has 2 saturated heterocycles. The second-order valence-corrected chi connectivity index (χ2v) is 6.69. The molecule has 0 aromatic heterocycles. The molecule has 0 bridgehead atoms. The van der Waals surface area contributed by atoms with Crippen LogP contribution in [0.4, 0.5) is 0 Å². The van der Waals surface area contributed by atoms with Crippen molar-refractivity contribution in [2.45, 2.75) is 58.0 Å². The molecule has 4 heteroatoms. The Morgan fingerprint density at radius 2 is 1.39 bits per heavy atom. The van der Waals surface area contributed by atoms with Crippen LogP contribution in [0.3, 0.4) is 0 Å². The van der Waals surface area contributed by atoms with Gasteiger partial charge in [0, 0.05) is 24.2 Å². The number of rotatable bonds is 0. The van der Waals surface area contributed by atoms with E-state index in [9.17, 15) is 5.21 Å². The van der Waals surface area contributed by atoms with Crippen molar-refractivity contribution < 1.29 is 9.94 Å². The number of morpholine rings is 1. The van der Waals surface area contributed by atoms with Crippen LogP contribution >= 0.6 is 0 Å². The van der Waals surface area contributed by atoms with Gasteiger partial charge in [-0.25, -0.2) is 0 Å². The van der Waals surface area contributed by atoms with Gasteiger partial charge >= 0.3 is 0 Å². The fraction of sp³-hybridized carbons (Fsp3) is 1.00. The maximum Gasteiger partial charge on any atom is 0.0594 e. The molecule has 0 aromatic carbocycles. The Morgan fingerprint density at radius 3 is 1.67 bits per heavy atom. The van der Waals surface area contributed by atoms with Gasteiger partial charge < -0.3 is 9.64 Å². The van der Waals surface area contributed by atoms with Gasteiger partial charge in [-0.1, -0.05) is 0 Å². The molecule has 1 radical (unpaired) electrons. The highest BCUT2D eigenvalue weighted by Crippen LogP contribution is 2.36. The summed E-state index contributed by atoms with van der Waals surface area (Å²) < 4.78 is 5.10. The molecule has 2 rings (SSSR count). The maximum absolute atomic E-state index is 11.7. The third-order valence-corrected chi connectivity index (χ3v) is 3.91. The Hall–Kier alpha value is -0.160. The van der Waals surface area contributed by atoms with Crippen LogP contribution in [0.1, 0.15) is 47.0 Å². The lowest BCUT2D eigenvalue weighted by Crippen LogP contribution is -2.55. The lowest BCUT2D eigenvalue weighted by molar-refractivity contribution is -0.286.